The Bertz CT molecular complexity index is 543. The van der Waals surface area contributed by atoms with Gasteiger partial charge in [-0.3, -0.25) is 0 Å². The van der Waals surface area contributed by atoms with E-state index >= 15 is 0 Å². The number of halogens is 1. The summed E-state index contributed by atoms with van der Waals surface area (Å²) in [6.07, 6.45) is 3.86. The molecule has 108 valence electrons. The second-order valence-corrected chi connectivity index (χ2v) is 5.52. The van der Waals surface area contributed by atoms with Gasteiger partial charge in [0.2, 0.25) is 0 Å². The van der Waals surface area contributed by atoms with Crippen molar-refractivity contribution in [1.82, 2.24) is 15.0 Å². The predicted molar refractivity (Wildman–Crippen MR) is 81.5 cm³/mol. The molecule has 6 heteroatoms. The fraction of sp³-hybridized carbons (Fsp3) is 0.429. The van der Waals surface area contributed by atoms with E-state index < -0.39 is 0 Å². The average Bonchev–Trinajstić information content (AvgIpc) is 2.88. The SMILES string of the molecule is CCCC(N)c1cn(CCOc2cccc(Br)c2)nn1. The Kier molecular flexibility index (Phi) is 5.55. The number of ether oxygens (including phenoxy) is 1. The van der Waals surface area contributed by atoms with Gasteiger partial charge in [-0.25, -0.2) is 4.68 Å². The Morgan fingerprint density at radius 3 is 3.05 bits per heavy atom. The molecule has 0 aliphatic rings. The minimum atomic E-state index is -0.0280. The minimum absolute atomic E-state index is 0.0280. The smallest absolute Gasteiger partial charge is 0.120 e. The van der Waals surface area contributed by atoms with Crippen molar-refractivity contribution in [3.8, 4) is 5.75 Å². The van der Waals surface area contributed by atoms with Crippen molar-refractivity contribution in [2.24, 2.45) is 5.73 Å². The molecule has 0 spiro atoms. The Hall–Kier alpha value is -1.40. The van der Waals surface area contributed by atoms with Gasteiger partial charge in [0.15, 0.2) is 0 Å². The summed E-state index contributed by atoms with van der Waals surface area (Å²) in [5.41, 5.74) is 6.84. The highest BCUT2D eigenvalue weighted by atomic mass is 79.9. The zero-order valence-electron chi connectivity index (χ0n) is 11.5. The van der Waals surface area contributed by atoms with Crippen LogP contribution in [0.4, 0.5) is 0 Å². The molecule has 0 fully saturated rings. The number of aromatic nitrogens is 3. The lowest BCUT2D eigenvalue weighted by Gasteiger charge is -2.06. The van der Waals surface area contributed by atoms with Crippen molar-refractivity contribution >= 4 is 15.9 Å². The minimum Gasteiger partial charge on any atom is -0.492 e. The fourth-order valence-corrected chi connectivity index (χ4v) is 2.24. The van der Waals surface area contributed by atoms with E-state index in [1.807, 2.05) is 30.5 Å². The molecule has 0 amide bonds. The molecule has 1 heterocycles. The van der Waals surface area contributed by atoms with Crippen molar-refractivity contribution in [3.05, 3.63) is 40.6 Å². The molecular weight excluding hydrogens is 320 g/mol. The van der Waals surface area contributed by atoms with Gasteiger partial charge in [0.1, 0.15) is 12.4 Å². The predicted octanol–water partition coefficient (Wildman–Crippen LogP) is 2.92. The maximum Gasteiger partial charge on any atom is 0.120 e. The second-order valence-electron chi connectivity index (χ2n) is 4.61. The van der Waals surface area contributed by atoms with Gasteiger partial charge in [0, 0.05) is 4.47 Å². The monoisotopic (exact) mass is 338 g/mol. The molecule has 5 nitrogen and oxygen atoms in total. The van der Waals surface area contributed by atoms with Gasteiger partial charge in [0.25, 0.3) is 0 Å². The highest BCUT2D eigenvalue weighted by molar-refractivity contribution is 9.10. The third-order valence-electron chi connectivity index (χ3n) is 2.92. The zero-order chi connectivity index (χ0) is 14.4. The first-order valence-corrected chi connectivity index (χ1v) is 7.52. The summed E-state index contributed by atoms with van der Waals surface area (Å²) >= 11 is 3.41. The summed E-state index contributed by atoms with van der Waals surface area (Å²) in [6, 6.07) is 7.74. The molecule has 0 radical (unpaired) electrons. The van der Waals surface area contributed by atoms with Crippen molar-refractivity contribution in [2.75, 3.05) is 6.61 Å². The van der Waals surface area contributed by atoms with Crippen molar-refractivity contribution in [1.29, 1.82) is 0 Å². The van der Waals surface area contributed by atoms with E-state index in [2.05, 4.69) is 33.2 Å². The number of hydrogen-bond acceptors (Lipinski definition) is 4. The Labute approximate surface area is 127 Å². The van der Waals surface area contributed by atoms with Gasteiger partial charge >= 0.3 is 0 Å². The zero-order valence-corrected chi connectivity index (χ0v) is 13.1. The summed E-state index contributed by atoms with van der Waals surface area (Å²) in [6.45, 7) is 3.30. The molecule has 0 saturated carbocycles. The van der Waals surface area contributed by atoms with Crippen molar-refractivity contribution in [2.45, 2.75) is 32.4 Å². The molecule has 0 bridgehead atoms. The third-order valence-corrected chi connectivity index (χ3v) is 3.41. The average molecular weight is 339 g/mol. The summed E-state index contributed by atoms with van der Waals surface area (Å²) in [5, 5.41) is 8.17. The van der Waals surface area contributed by atoms with Crippen LogP contribution in [0.1, 0.15) is 31.5 Å². The first-order chi connectivity index (χ1) is 9.69. The van der Waals surface area contributed by atoms with Gasteiger partial charge in [-0.15, -0.1) is 5.10 Å². The Morgan fingerprint density at radius 1 is 1.45 bits per heavy atom. The van der Waals surface area contributed by atoms with Crippen LogP contribution in [0.3, 0.4) is 0 Å². The molecule has 0 aliphatic heterocycles. The molecule has 2 rings (SSSR count). The molecule has 1 aromatic carbocycles. The lowest BCUT2D eigenvalue weighted by molar-refractivity contribution is 0.289. The topological polar surface area (TPSA) is 66.0 Å². The molecule has 1 unspecified atom stereocenters. The van der Waals surface area contributed by atoms with Crippen LogP contribution in [-0.4, -0.2) is 21.6 Å². The van der Waals surface area contributed by atoms with Crippen molar-refractivity contribution in [3.63, 3.8) is 0 Å². The maximum atomic E-state index is 6.00. The second kappa shape index (κ2) is 7.40. The van der Waals surface area contributed by atoms with Crippen LogP contribution >= 0.6 is 15.9 Å². The van der Waals surface area contributed by atoms with Crippen LogP contribution in [0.15, 0.2) is 34.9 Å². The van der Waals surface area contributed by atoms with Crippen LogP contribution in [0, 0.1) is 0 Å². The van der Waals surface area contributed by atoms with Gasteiger partial charge in [-0.2, -0.15) is 0 Å². The van der Waals surface area contributed by atoms with Gasteiger partial charge in [-0.05, 0) is 24.6 Å². The van der Waals surface area contributed by atoms with Gasteiger partial charge < -0.3 is 10.5 Å². The molecule has 20 heavy (non-hydrogen) atoms. The third kappa shape index (κ3) is 4.31. The highest BCUT2D eigenvalue weighted by Gasteiger charge is 2.09. The molecule has 0 saturated heterocycles. The lowest BCUT2D eigenvalue weighted by Crippen LogP contribution is -2.10. The highest BCUT2D eigenvalue weighted by Crippen LogP contribution is 2.17. The molecule has 1 aromatic heterocycles. The van der Waals surface area contributed by atoms with Crippen LogP contribution in [-0.2, 0) is 6.54 Å². The molecule has 2 N–H and O–H groups in total. The van der Waals surface area contributed by atoms with Crippen LogP contribution in [0.2, 0.25) is 0 Å². The van der Waals surface area contributed by atoms with Crippen LogP contribution in [0.25, 0.3) is 0 Å². The van der Waals surface area contributed by atoms with E-state index in [0.717, 1.165) is 28.8 Å². The van der Waals surface area contributed by atoms with Crippen LogP contribution < -0.4 is 10.5 Å². The summed E-state index contributed by atoms with van der Waals surface area (Å²) in [4.78, 5) is 0. The molecular formula is C14H19BrN4O. The Morgan fingerprint density at radius 2 is 2.30 bits per heavy atom. The van der Waals surface area contributed by atoms with E-state index in [1.54, 1.807) is 4.68 Å². The lowest BCUT2D eigenvalue weighted by atomic mass is 10.1. The van der Waals surface area contributed by atoms with E-state index in [9.17, 15) is 0 Å². The standard InChI is InChI=1S/C14H19BrN4O/c1-2-4-13(16)14-10-19(18-17-14)7-8-20-12-6-3-5-11(15)9-12/h3,5-6,9-10,13H,2,4,7-8,16H2,1H3. The van der Waals surface area contributed by atoms with Gasteiger partial charge in [0.05, 0.1) is 24.5 Å². The summed E-state index contributed by atoms with van der Waals surface area (Å²) in [7, 11) is 0. The van der Waals surface area contributed by atoms with Crippen molar-refractivity contribution < 1.29 is 4.74 Å². The number of benzene rings is 1. The van der Waals surface area contributed by atoms with Gasteiger partial charge in [-0.1, -0.05) is 40.6 Å². The van der Waals surface area contributed by atoms with E-state index in [-0.39, 0.29) is 6.04 Å². The van der Waals surface area contributed by atoms with E-state index in [1.165, 1.54) is 0 Å². The molecule has 1 atom stereocenters. The molecule has 0 aliphatic carbocycles. The quantitative estimate of drug-likeness (QED) is 0.842. The maximum absolute atomic E-state index is 6.00. The number of nitrogens with zero attached hydrogens (tertiary/aromatic N) is 3. The summed E-state index contributed by atoms with van der Waals surface area (Å²) in [5.74, 6) is 0.836. The molecule has 2 aromatic rings. The first-order valence-electron chi connectivity index (χ1n) is 6.73. The van der Waals surface area contributed by atoms with E-state index in [4.69, 9.17) is 10.5 Å². The number of rotatable bonds is 7. The Balaban J connectivity index is 1.82. The van der Waals surface area contributed by atoms with Crippen LogP contribution in [0.5, 0.6) is 5.75 Å². The fourth-order valence-electron chi connectivity index (χ4n) is 1.87. The first kappa shape index (κ1) is 15.0. The normalized spacial score (nSPS) is 12.3. The number of hydrogen-bond donors (Lipinski definition) is 1. The van der Waals surface area contributed by atoms with E-state index in [0.29, 0.717) is 13.2 Å². The largest absolute Gasteiger partial charge is 0.492 e. The summed E-state index contributed by atoms with van der Waals surface area (Å²) < 4.78 is 8.43. The number of nitrogens with two attached hydrogens (primary N) is 1.